The minimum absolute atomic E-state index is 0.709. The van der Waals surface area contributed by atoms with Crippen molar-refractivity contribution in [3.8, 4) is 0 Å². The van der Waals surface area contributed by atoms with E-state index in [4.69, 9.17) is 0 Å². The molecule has 2 saturated carbocycles. The molecule has 0 aromatic heterocycles. The number of alkyl halides is 1. The molecule has 2 fully saturated rings. The average molecular weight is 287 g/mol. The zero-order valence-corrected chi connectivity index (χ0v) is 12.4. The first-order chi connectivity index (χ1) is 7.80. The molecule has 0 aliphatic heterocycles. The molecule has 0 nitrogen and oxygen atoms in total. The van der Waals surface area contributed by atoms with Crippen LogP contribution in [-0.4, -0.2) is 5.33 Å². The molecule has 0 aromatic carbocycles. The van der Waals surface area contributed by atoms with Gasteiger partial charge in [-0.2, -0.15) is 0 Å². The first-order valence-electron chi connectivity index (χ1n) is 7.36. The van der Waals surface area contributed by atoms with Crippen molar-refractivity contribution < 1.29 is 0 Å². The molecule has 0 spiro atoms. The quantitative estimate of drug-likeness (QED) is 0.582. The zero-order chi connectivity index (χ0) is 11.4. The maximum atomic E-state index is 3.82. The molecule has 16 heavy (non-hydrogen) atoms. The summed E-state index contributed by atoms with van der Waals surface area (Å²) in [6, 6.07) is 0. The van der Waals surface area contributed by atoms with Crippen LogP contribution in [-0.2, 0) is 0 Å². The highest BCUT2D eigenvalue weighted by Crippen LogP contribution is 2.53. The molecule has 0 saturated heterocycles. The van der Waals surface area contributed by atoms with E-state index >= 15 is 0 Å². The number of hydrogen-bond donors (Lipinski definition) is 0. The molecule has 0 heterocycles. The minimum Gasteiger partial charge on any atom is -0.0922 e. The van der Waals surface area contributed by atoms with Gasteiger partial charge < -0.3 is 0 Å². The van der Waals surface area contributed by atoms with Gasteiger partial charge >= 0.3 is 0 Å². The van der Waals surface area contributed by atoms with Crippen molar-refractivity contribution in [3.63, 3.8) is 0 Å². The van der Waals surface area contributed by atoms with Crippen molar-refractivity contribution in [1.82, 2.24) is 0 Å². The van der Waals surface area contributed by atoms with Crippen LogP contribution in [0.25, 0.3) is 0 Å². The summed E-state index contributed by atoms with van der Waals surface area (Å²) < 4.78 is 0. The molecule has 0 bridgehead atoms. The fourth-order valence-corrected chi connectivity index (χ4v) is 4.72. The summed E-state index contributed by atoms with van der Waals surface area (Å²) in [6.07, 6.45) is 14.9. The highest BCUT2D eigenvalue weighted by Gasteiger charge is 2.42. The normalized spacial score (nSPS) is 36.0. The molecular formula is C15H27Br. The number of halogens is 1. The Morgan fingerprint density at radius 3 is 2.25 bits per heavy atom. The second-order valence-corrected chi connectivity index (χ2v) is 6.77. The lowest BCUT2D eigenvalue weighted by Crippen LogP contribution is -2.39. The van der Waals surface area contributed by atoms with E-state index in [1.165, 1.54) is 69.5 Å². The van der Waals surface area contributed by atoms with Crippen LogP contribution in [0.1, 0.15) is 71.1 Å². The summed E-state index contributed by atoms with van der Waals surface area (Å²) in [4.78, 5) is 0. The van der Waals surface area contributed by atoms with Crippen molar-refractivity contribution >= 4 is 15.9 Å². The van der Waals surface area contributed by atoms with Gasteiger partial charge in [0.05, 0.1) is 0 Å². The van der Waals surface area contributed by atoms with Gasteiger partial charge in [-0.1, -0.05) is 48.5 Å². The van der Waals surface area contributed by atoms with Gasteiger partial charge in [-0.15, -0.1) is 0 Å². The van der Waals surface area contributed by atoms with E-state index in [0.29, 0.717) is 5.41 Å². The lowest BCUT2D eigenvalue weighted by atomic mass is 9.58. The van der Waals surface area contributed by atoms with E-state index in [1.807, 2.05) is 0 Å². The van der Waals surface area contributed by atoms with Crippen molar-refractivity contribution in [2.75, 3.05) is 5.33 Å². The Kier molecular flexibility index (Phi) is 4.76. The van der Waals surface area contributed by atoms with Gasteiger partial charge in [-0.05, 0) is 55.8 Å². The molecule has 0 N–H and O–H groups in total. The third-order valence-corrected chi connectivity index (χ3v) is 6.42. The largest absolute Gasteiger partial charge is 0.0922 e. The number of unbranched alkanes of at least 4 members (excludes halogenated alkanes) is 1. The Bertz CT molecular complexity index is 199. The highest BCUT2D eigenvalue weighted by atomic mass is 79.9. The zero-order valence-electron chi connectivity index (χ0n) is 10.8. The second-order valence-electron chi connectivity index (χ2n) is 6.21. The molecular weight excluding hydrogens is 260 g/mol. The predicted octanol–water partition coefficient (Wildman–Crippen LogP) is 5.55. The minimum atomic E-state index is 0.709. The van der Waals surface area contributed by atoms with Crippen LogP contribution in [0.5, 0.6) is 0 Å². The van der Waals surface area contributed by atoms with E-state index in [1.54, 1.807) is 0 Å². The van der Waals surface area contributed by atoms with Crippen LogP contribution in [0.2, 0.25) is 0 Å². The molecule has 2 aliphatic carbocycles. The van der Waals surface area contributed by atoms with Crippen LogP contribution >= 0.6 is 15.9 Å². The molecule has 0 aromatic rings. The number of rotatable bonds is 5. The molecule has 0 atom stereocenters. The first kappa shape index (κ1) is 12.9. The van der Waals surface area contributed by atoms with Crippen molar-refractivity contribution in [1.29, 1.82) is 0 Å². The smallest absolute Gasteiger partial charge is 0.00906 e. The first-order valence-corrected chi connectivity index (χ1v) is 8.49. The standard InChI is InChI=1S/C15H27Br/c1-2-3-5-13-8-10-15(12-16,11-9-13)14-6-4-7-14/h13-14H,2-12H2,1H3. The molecule has 2 rings (SSSR count). The Morgan fingerprint density at radius 2 is 1.81 bits per heavy atom. The summed E-state index contributed by atoms with van der Waals surface area (Å²) in [7, 11) is 0. The van der Waals surface area contributed by atoms with Crippen LogP contribution in [0.15, 0.2) is 0 Å². The highest BCUT2D eigenvalue weighted by molar-refractivity contribution is 9.09. The summed E-state index contributed by atoms with van der Waals surface area (Å²) in [5.74, 6) is 2.13. The molecule has 2 aliphatic rings. The fraction of sp³-hybridized carbons (Fsp3) is 1.00. The third kappa shape index (κ3) is 2.66. The Labute approximate surface area is 110 Å². The number of hydrogen-bond acceptors (Lipinski definition) is 0. The molecule has 0 amide bonds. The van der Waals surface area contributed by atoms with E-state index in [-0.39, 0.29) is 0 Å². The molecule has 0 radical (unpaired) electrons. The van der Waals surface area contributed by atoms with Gasteiger partial charge in [0.25, 0.3) is 0 Å². The Balaban J connectivity index is 1.81. The molecule has 0 unspecified atom stereocenters. The van der Waals surface area contributed by atoms with Crippen molar-refractivity contribution in [2.24, 2.45) is 17.3 Å². The third-order valence-electron chi connectivity index (χ3n) is 5.30. The SMILES string of the molecule is CCCCC1CCC(CBr)(C2CCC2)CC1. The van der Waals surface area contributed by atoms with Gasteiger partial charge in [0.1, 0.15) is 0 Å². The van der Waals surface area contributed by atoms with Gasteiger partial charge in [0.2, 0.25) is 0 Å². The van der Waals surface area contributed by atoms with Crippen molar-refractivity contribution in [2.45, 2.75) is 71.1 Å². The summed E-state index contributed by atoms with van der Waals surface area (Å²) in [5, 5.41) is 1.27. The molecule has 94 valence electrons. The van der Waals surface area contributed by atoms with Crippen LogP contribution in [0.3, 0.4) is 0 Å². The lowest BCUT2D eigenvalue weighted by molar-refractivity contribution is 0.0463. The summed E-state index contributed by atoms with van der Waals surface area (Å²) >= 11 is 3.82. The predicted molar refractivity (Wildman–Crippen MR) is 75.1 cm³/mol. The topological polar surface area (TPSA) is 0 Å². The van der Waals surface area contributed by atoms with E-state index < -0.39 is 0 Å². The van der Waals surface area contributed by atoms with Crippen LogP contribution in [0, 0.1) is 17.3 Å². The van der Waals surface area contributed by atoms with Gasteiger partial charge in [0, 0.05) is 5.33 Å². The summed E-state index contributed by atoms with van der Waals surface area (Å²) in [5.41, 5.74) is 0.709. The van der Waals surface area contributed by atoms with Gasteiger partial charge in [0.15, 0.2) is 0 Å². The average Bonchev–Trinajstić information content (AvgIpc) is 2.26. The lowest BCUT2D eigenvalue weighted by Gasteiger charge is -2.48. The monoisotopic (exact) mass is 286 g/mol. The van der Waals surface area contributed by atoms with Gasteiger partial charge in [-0.25, -0.2) is 0 Å². The fourth-order valence-electron chi connectivity index (χ4n) is 3.71. The van der Waals surface area contributed by atoms with E-state index in [2.05, 4.69) is 22.9 Å². The van der Waals surface area contributed by atoms with Crippen LogP contribution in [0.4, 0.5) is 0 Å². The second kappa shape index (κ2) is 5.89. The van der Waals surface area contributed by atoms with E-state index in [9.17, 15) is 0 Å². The van der Waals surface area contributed by atoms with Crippen LogP contribution < -0.4 is 0 Å². The maximum Gasteiger partial charge on any atom is 0.00906 e. The Hall–Kier alpha value is 0.480. The maximum absolute atomic E-state index is 3.82. The van der Waals surface area contributed by atoms with Gasteiger partial charge in [-0.3, -0.25) is 0 Å². The summed E-state index contributed by atoms with van der Waals surface area (Å²) in [6.45, 7) is 2.32. The Morgan fingerprint density at radius 1 is 1.12 bits per heavy atom. The van der Waals surface area contributed by atoms with Crippen molar-refractivity contribution in [3.05, 3.63) is 0 Å². The van der Waals surface area contributed by atoms with E-state index in [0.717, 1.165) is 11.8 Å². The molecule has 1 heteroatoms.